The number of benzene rings is 1. The maximum absolute atomic E-state index is 13.0. The van der Waals surface area contributed by atoms with Gasteiger partial charge in [-0.15, -0.1) is 0 Å². The van der Waals surface area contributed by atoms with E-state index in [2.05, 4.69) is 9.97 Å². The predicted octanol–water partition coefficient (Wildman–Crippen LogP) is 4.11. The highest BCUT2D eigenvalue weighted by Gasteiger charge is 2.42. The van der Waals surface area contributed by atoms with Gasteiger partial charge in [0.05, 0.1) is 23.6 Å². The average Bonchev–Trinajstić information content (AvgIpc) is 3.08. The number of carbonyl (C=O) groups is 1. The monoisotopic (exact) mass is 387 g/mol. The summed E-state index contributed by atoms with van der Waals surface area (Å²) in [7, 11) is 0. The van der Waals surface area contributed by atoms with Crippen LogP contribution in [0.15, 0.2) is 35.6 Å². The lowest BCUT2D eigenvalue weighted by Crippen LogP contribution is -2.45. The van der Waals surface area contributed by atoms with Crippen LogP contribution in [0.1, 0.15) is 12.8 Å². The summed E-state index contributed by atoms with van der Waals surface area (Å²) in [5.41, 5.74) is 1.43. The molecule has 1 aliphatic heterocycles. The van der Waals surface area contributed by atoms with Gasteiger partial charge >= 0.3 is 6.18 Å². The van der Waals surface area contributed by atoms with Crippen molar-refractivity contribution in [3.05, 3.63) is 36.3 Å². The highest BCUT2D eigenvalue weighted by Crippen LogP contribution is 2.33. The molecular formula is C17H17F4N3OS. The van der Waals surface area contributed by atoms with Crippen molar-refractivity contribution in [3.63, 3.8) is 0 Å². The summed E-state index contributed by atoms with van der Waals surface area (Å²) in [6, 6.07) is 5.88. The topological polar surface area (TPSA) is 49.0 Å². The quantitative estimate of drug-likeness (QED) is 0.635. The third-order valence-electron chi connectivity index (χ3n) is 4.28. The molecule has 1 N–H and O–H groups in total. The minimum Gasteiger partial charge on any atom is -0.341 e. The van der Waals surface area contributed by atoms with Gasteiger partial charge in [0.2, 0.25) is 5.91 Å². The van der Waals surface area contributed by atoms with Gasteiger partial charge in [0, 0.05) is 13.1 Å². The van der Waals surface area contributed by atoms with Gasteiger partial charge in [0.15, 0.2) is 5.16 Å². The molecule has 0 spiro atoms. The number of imidazole rings is 1. The molecule has 4 nitrogen and oxygen atoms in total. The third-order valence-corrected chi connectivity index (χ3v) is 5.15. The molecule has 1 aromatic carbocycles. The maximum atomic E-state index is 13.0. The second-order valence-corrected chi connectivity index (χ2v) is 7.08. The SMILES string of the molecule is O=C(CSc1ncc(-c2ccc(F)cc2)[nH]1)N1CCC[C@@H](C(F)(F)F)C1. The summed E-state index contributed by atoms with van der Waals surface area (Å²) in [6.45, 7) is 0.0762. The molecule has 9 heteroatoms. The molecule has 1 amide bonds. The van der Waals surface area contributed by atoms with Crippen molar-refractivity contribution in [2.45, 2.75) is 24.2 Å². The summed E-state index contributed by atoms with van der Waals surface area (Å²) < 4.78 is 51.5. The van der Waals surface area contributed by atoms with E-state index >= 15 is 0 Å². The van der Waals surface area contributed by atoms with E-state index in [1.165, 1.54) is 17.0 Å². The van der Waals surface area contributed by atoms with E-state index in [-0.39, 0.29) is 30.4 Å². The number of thioether (sulfide) groups is 1. The molecule has 26 heavy (non-hydrogen) atoms. The zero-order valence-corrected chi connectivity index (χ0v) is 14.5. The molecule has 2 aromatic rings. The first-order valence-corrected chi connectivity index (χ1v) is 9.10. The number of H-pyrrole nitrogens is 1. The Morgan fingerprint density at radius 2 is 2.04 bits per heavy atom. The number of hydrogen-bond donors (Lipinski definition) is 1. The van der Waals surface area contributed by atoms with E-state index < -0.39 is 12.1 Å². The Morgan fingerprint density at radius 3 is 2.73 bits per heavy atom. The van der Waals surface area contributed by atoms with Crippen LogP contribution in [-0.2, 0) is 4.79 Å². The first-order valence-electron chi connectivity index (χ1n) is 8.11. The van der Waals surface area contributed by atoms with Crippen LogP contribution in [0, 0.1) is 11.7 Å². The van der Waals surface area contributed by atoms with Crippen LogP contribution in [0.2, 0.25) is 0 Å². The van der Waals surface area contributed by atoms with Crippen LogP contribution in [0.5, 0.6) is 0 Å². The highest BCUT2D eigenvalue weighted by atomic mass is 32.2. The number of rotatable bonds is 4. The molecule has 0 aliphatic carbocycles. The lowest BCUT2D eigenvalue weighted by molar-refractivity contribution is -0.187. The number of piperidine rings is 1. The number of likely N-dealkylation sites (tertiary alicyclic amines) is 1. The summed E-state index contributed by atoms with van der Waals surface area (Å²) >= 11 is 1.14. The summed E-state index contributed by atoms with van der Waals surface area (Å²) in [5, 5.41) is 0.488. The van der Waals surface area contributed by atoms with Gasteiger partial charge in [0.25, 0.3) is 0 Å². The molecule has 1 saturated heterocycles. The van der Waals surface area contributed by atoms with Crippen molar-refractivity contribution < 1.29 is 22.4 Å². The second kappa shape index (κ2) is 7.69. The summed E-state index contributed by atoms with van der Waals surface area (Å²) in [6.07, 6.45) is -2.27. The molecule has 0 saturated carbocycles. The first-order chi connectivity index (χ1) is 12.3. The third kappa shape index (κ3) is 4.57. The van der Waals surface area contributed by atoms with E-state index in [1.807, 2.05) is 0 Å². The number of aromatic amines is 1. The van der Waals surface area contributed by atoms with Crippen LogP contribution >= 0.6 is 11.8 Å². The van der Waals surface area contributed by atoms with E-state index in [0.717, 1.165) is 17.3 Å². The van der Waals surface area contributed by atoms with Gasteiger partial charge in [-0.2, -0.15) is 13.2 Å². The average molecular weight is 387 g/mol. The number of halogens is 4. The molecule has 0 radical (unpaired) electrons. The van der Waals surface area contributed by atoms with E-state index in [0.29, 0.717) is 23.8 Å². The van der Waals surface area contributed by atoms with Crippen LogP contribution in [0.4, 0.5) is 17.6 Å². The molecule has 1 fully saturated rings. The number of amides is 1. The zero-order chi connectivity index (χ0) is 18.7. The largest absolute Gasteiger partial charge is 0.393 e. The molecule has 1 atom stereocenters. The number of hydrogen-bond acceptors (Lipinski definition) is 3. The molecule has 1 aliphatic rings. The summed E-state index contributed by atoms with van der Waals surface area (Å²) in [5.74, 6) is -2.10. The van der Waals surface area contributed by atoms with Gasteiger partial charge in [-0.05, 0) is 42.7 Å². The van der Waals surface area contributed by atoms with E-state index in [9.17, 15) is 22.4 Å². The lowest BCUT2D eigenvalue weighted by atomic mass is 9.97. The second-order valence-electron chi connectivity index (χ2n) is 6.12. The molecule has 1 aromatic heterocycles. The molecule has 0 bridgehead atoms. The minimum absolute atomic E-state index is 0.0148. The zero-order valence-electron chi connectivity index (χ0n) is 13.7. The standard InChI is InChI=1S/C17H17F4N3OS/c18-13-5-3-11(4-6-13)14-8-22-16(23-14)26-10-15(25)24-7-1-2-12(9-24)17(19,20)21/h3-6,8,12H,1-2,7,9-10H2,(H,22,23)/t12-/m1/s1. The number of aromatic nitrogens is 2. The van der Waals surface area contributed by atoms with Crippen molar-refractivity contribution in [2.24, 2.45) is 5.92 Å². The molecule has 140 valence electrons. The fraction of sp³-hybridized carbons (Fsp3) is 0.412. The van der Waals surface area contributed by atoms with E-state index in [1.54, 1.807) is 18.3 Å². The molecule has 0 unspecified atom stereocenters. The molecular weight excluding hydrogens is 370 g/mol. The Bertz CT molecular complexity index is 760. The van der Waals surface area contributed by atoms with Crippen molar-refractivity contribution in [3.8, 4) is 11.3 Å². The van der Waals surface area contributed by atoms with Gasteiger partial charge in [-0.25, -0.2) is 9.37 Å². The van der Waals surface area contributed by atoms with Crippen molar-refractivity contribution in [1.29, 1.82) is 0 Å². The lowest BCUT2D eigenvalue weighted by Gasteiger charge is -2.33. The summed E-state index contributed by atoms with van der Waals surface area (Å²) in [4.78, 5) is 20.7. The Kier molecular flexibility index (Phi) is 5.55. The smallest absolute Gasteiger partial charge is 0.341 e. The van der Waals surface area contributed by atoms with E-state index in [4.69, 9.17) is 0 Å². The Labute approximate surface area is 152 Å². The Morgan fingerprint density at radius 1 is 1.31 bits per heavy atom. The number of nitrogens with zero attached hydrogens (tertiary/aromatic N) is 2. The Balaban J connectivity index is 1.56. The number of carbonyl (C=O) groups excluding carboxylic acids is 1. The van der Waals surface area contributed by atoms with Gasteiger partial charge in [-0.3, -0.25) is 4.79 Å². The van der Waals surface area contributed by atoms with Crippen LogP contribution in [0.25, 0.3) is 11.3 Å². The van der Waals surface area contributed by atoms with Crippen molar-refractivity contribution in [1.82, 2.24) is 14.9 Å². The Hall–Kier alpha value is -2.03. The van der Waals surface area contributed by atoms with Crippen molar-refractivity contribution in [2.75, 3.05) is 18.8 Å². The maximum Gasteiger partial charge on any atom is 0.393 e. The fourth-order valence-electron chi connectivity index (χ4n) is 2.84. The van der Waals surface area contributed by atoms with Crippen LogP contribution < -0.4 is 0 Å². The highest BCUT2D eigenvalue weighted by molar-refractivity contribution is 7.99. The fourth-order valence-corrected chi connectivity index (χ4v) is 3.60. The molecule has 2 heterocycles. The number of alkyl halides is 3. The van der Waals surface area contributed by atoms with Crippen molar-refractivity contribution >= 4 is 17.7 Å². The molecule has 3 rings (SSSR count). The predicted molar refractivity (Wildman–Crippen MR) is 90.1 cm³/mol. The number of nitrogens with one attached hydrogen (secondary N) is 1. The van der Waals surface area contributed by atoms with Crippen LogP contribution in [0.3, 0.4) is 0 Å². The first kappa shape index (κ1) is 18.8. The normalized spacial score (nSPS) is 18.2. The minimum atomic E-state index is -4.27. The van der Waals surface area contributed by atoms with Gasteiger partial charge in [0.1, 0.15) is 5.82 Å². The van der Waals surface area contributed by atoms with Crippen LogP contribution in [-0.4, -0.2) is 45.8 Å². The van der Waals surface area contributed by atoms with Gasteiger partial charge in [-0.1, -0.05) is 11.8 Å². The van der Waals surface area contributed by atoms with Gasteiger partial charge < -0.3 is 9.88 Å².